The van der Waals surface area contributed by atoms with E-state index in [2.05, 4.69) is 12.2 Å². The molecule has 2 bridgehead atoms. The summed E-state index contributed by atoms with van der Waals surface area (Å²) < 4.78 is 5.99. The van der Waals surface area contributed by atoms with Gasteiger partial charge < -0.3 is 9.84 Å². The molecule has 2 aromatic carbocycles. The van der Waals surface area contributed by atoms with Gasteiger partial charge in [-0.15, -0.1) is 0 Å². The number of aliphatic hydroxyl groups is 1. The molecule has 4 aliphatic carbocycles. The first-order valence-electron chi connectivity index (χ1n) is 10.5. The molecule has 0 aliphatic heterocycles. The molecule has 29 heavy (non-hydrogen) atoms. The Hall–Kier alpha value is -2.81. The van der Waals surface area contributed by atoms with Crippen molar-refractivity contribution in [2.24, 2.45) is 23.7 Å². The number of rotatable bonds is 4. The van der Waals surface area contributed by atoms with Crippen molar-refractivity contribution in [2.75, 3.05) is 0 Å². The van der Waals surface area contributed by atoms with E-state index in [4.69, 9.17) is 4.74 Å². The van der Waals surface area contributed by atoms with Crippen LogP contribution in [0.2, 0.25) is 0 Å². The Morgan fingerprint density at radius 1 is 0.966 bits per heavy atom. The molecule has 1 fully saturated rings. The van der Waals surface area contributed by atoms with Gasteiger partial charge in [-0.2, -0.15) is 0 Å². The molecule has 3 heteroatoms. The Morgan fingerprint density at radius 3 is 2.17 bits per heavy atom. The molecule has 1 saturated carbocycles. The molecule has 0 amide bonds. The van der Waals surface area contributed by atoms with Crippen LogP contribution in [-0.4, -0.2) is 10.9 Å². The lowest BCUT2D eigenvalue weighted by atomic mass is 9.63. The lowest BCUT2D eigenvalue weighted by molar-refractivity contribution is -0.120. The van der Waals surface area contributed by atoms with Gasteiger partial charge in [0.15, 0.2) is 5.78 Å². The van der Waals surface area contributed by atoms with Gasteiger partial charge in [0.2, 0.25) is 0 Å². The number of benzene rings is 2. The third-order valence-electron chi connectivity index (χ3n) is 6.87. The smallest absolute Gasteiger partial charge is 0.171 e. The molecule has 0 spiro atoms. The SMILES string of the molecule is Cc1cc(OCc2ccccc2)cc(C)c1C1=C(O)[C@@H]2[C@H](C1=O)[C@@H]1C=C[C@H]2CC1. The first kappa shape index (κ1) is 18.2. The van der Waals surface area contributed by atoms with Crippen molar-refractivity contribution in [1.29, 1.82) is 0 Å². The van der Waals surface area contributed by atoms with E-state index in [0.717, 1.165) is 40.8 Å². The zero-order valence-electron chi connectivity index (χ0n) is 16.9. The van der Waals surface area contributed by atoms with E-state index in [9.17, 15) is 9.90 Å². The molecule has 0 aromatic heterocycles. The van der Waals surface area contributed by atoms with Crippen molar-refractivity contribution in [2.45, 2.75) is 33.3 Å². The number of allylic oxidation sites excluding steroid dienone is 4. The fourth-order valence-corrected chi connectivity index (χ4v) is 5.58. The molecule has 1 N–H and O–H groups in total. The summed E-state index contributed by atoms with van der Waals surface area (Å²) in [7, 11) is 0. The first-order valence-corrected chi connectivity index (χ1v) is 10.5. The Balaban J connectivity index is 1.46. The number of aliphatic hydroxyl groups excluding tert-OH is 1. The highest BCUT2D eigenvalue weighted by Gasteiger charge is 2.53. The first-order chi connectivity index (χ1) is 14.0. The average molecular weight is 386 g/mol. The van der Waals surface area contributed by atoms with Crippen LogP contribution >= 0.6 is 0 Å². The summed E-state index contributed by atoms with van der Waals surface area (Å²) in [5.74, 6) is 1.67. The van der Waals surface area contributed by atoms with Crippen molar-refractivity contribution in [3.8, 4) is 5.75 Å². The molecule has 3 nitrogen and oxygen atoms in total. The van der Waals surface area contributed by atoms with Crippen LogP contribution in [0.1, 0.15) is 35.1 Å². The molecule has 148 valence electrons. The van der Waals surface area contributed by atoms with Gasteiger partial charge >= 0.3 is 0 Å². The van der Waals surface area contributed by atoms with Crippen LogP contribution in [0.15, 0.2) is 60.4 Å². The number of carbonyl (C=O) groups excluding carboxylic acids is 1. The fraction of sp³-hybridized carbons (Fsp3) is 0.346. The highest BCUT2D eigenvalue weighted by atomic mass is 16.5. The molecule has 2 aromatic rings. The van der Waals surface area contributed by atoms with E-state index >= 15 is 0 Å². The summed E-state index contributed by atoms with van der Waals surface area (Å²) in [6.45, 7) is 4.51. The molecule has 4 aliphatic rings. The van der Waals surface area contributed by atoms with Crippen molar-refractivity contribution in [3.63, 3.8) is 0 Å². The minimum Gasteiger partial charge on any atom is -0.511 e. The quantitative estimate of drug-likeness (QED) is 0.700. The van der Waals surface area contributed by atoms with Gasteiger partial charge in [-0.3, -0.25) is 4.79 Å². The molecular formula is C26H26O3. The number of ether oxygens (including phenoxy) is 1. The topological polar surface area (TPSA) is 46.5 Å². The zero-order chi connectivity index (χ0) is 20.1. The standard InChI is InChI=1S/C26H26O3/c1-15-12-20(29-14-17-6-4-3-5-7-17)13-16(2)21(15)24-25(27)22-18-8-9-19(11-10-18)23(22)26(24)28/h3-9,12-13,18-19,22-23,27H,10-11,14H2,1-2H3/t18-,19+,22-,23+/m0/s1. The van der Waals surface area contributed by atoms with E-state index in [1.54, 1.807) is 0 Å². The highest BCUT2D eigenvalue weighted by molar-refractivity contribution is 6.25. The van der Waals surface area contributed by atoms with E-state index in [0.29, 0.717) is 23.9 Å². The van der Waals surface area contributed by atoms with Crippen LogP contribution in [-0.2, 0) is 11.4 Å². The Morgan fingerprint density at radius 2 is 1.59 bits per heavy atom. The van der Waals surface area contributed by atoms with Crippen molar-refractivity contribution < 1.29 is 14.6 Å². The van der Waals surface area contributed by atoms with Gasteiger partial charge in [-0.25, -0.2) is 0 Å². The van der Waals surface area contributed by atoms with Crippen molar-refractivity contribution >= 4 is 11.4 Å². The van der Waals surface area contributed by atoms with Gasteiger partial charge in [0.1, 0.15) is 18.1 Å². The number of aryl methyl sites for hydroxylation is 2. The van der Waals surface area contributed by atoms with E-state index < -0.39 is 0 Å². The minimum absolute atomic E-state index is 0.0333. The monoisotopic (exact) mass is 386 g/mol. The number of hydrogen-bond acceptors (Lipinski definition) is 3. The maximum absolute atomic E-state index is 13.4. The van der Waals surface area contributed by atoms with E-state index in [1.165, 1.54) is 0 Å². The Kier molecular flexibility index (Phi) is 4.34. The van der Waals surface area contributed by atoms with Gasteiger partial charge in [-0.05, 0) is 72.9 Å². The minimum atomic E-state index is -0.0819. The second-order valence-electron chi connectivity index (χ2n) is 8.67. The van der Waals surface area contributed by atoms with Crippen molar-refractivity contribution in [1.82, 2.24) is 0 Å². The molecule has 0 saturated heterocycles. The molecule has 4 atom stereocenters. The maximum Gasteiger partial charge on any atom is 0.171 e. The summed E-state index contributed by atoms with van der Waals surface area (Å²) in [6, 6.07) is 14.0. The Bertz CT molecular complexity index is 1010. The van der Waals surface area contributed by atoms with E-state index in [-0.39, 0.29) is 23.5 Å². The largest absolute Gasteiger partial charge is 0.511 e. The van der Waals surface area contributed by atoms with Crippen molar-refractivity contribution in [3.05, 3.63) is 82.6 Å². The lowest BCUT2D eigenvalue weighted by Crippen LogP contribution is -2.38. The number of Topliss-reactive ketones (excluding diaryl/α,β-unsaturated/α-hetero) is 1. The van der Waals surface area contributed by atoms with Crippen LogP contribution in [0.25, 0.3) is 5.57 Å². The summed E-state index contributed by atoms with van der Waals surface area (Å²) >= 11 is 0. The summed E-state index contributed by atoms with van der Waals surface area (Å²) in [4.78, 5) is 13.4. The predicted octanol–water partition coefficient (Wildman–Crippen LogP) is 5.56. The fourth-order valence-electron chi connectivity index (χ4n) is 5.58. The zero-order valence-corrected chi connectivity index (χ0v) is 16.9. The second kappa shape index (κ2) is 6.91. The van der Waals surface area contributed by atoms with Gasteiger partial charge in [0, 0.05) is 11.8 Å². The lowest BCUT2D eigenvalue weighted by Gasteiger charge is -2.40. The molecular weight excluding hydrogens is 360 g/mol. The average Bonchev–Trinajstić information content (AvgIpc) is 3.01. The number of carbonyl (C=O) groups is 1. The third kappa shape index (κ3) is 2.91. The summed E-state index contributed by atoms with van der Waals surface area (Å²) in [5, 5.41) is 11.1. The molecule has 0 radical (unpaired) electrons. The molecule has 0 unspecified atom stereocenters. The predicted molar refractivity (Wildman–Crippen MR) is 114 cm³/mol. The van der Waals surface area contributed by atoms with Gasteiger partial charge in [0.25, 0.3) is 0 Å². The van der Waals surface area contributed by atoms with Crippen LogP contribution in [0, 0.1) is 37.5 Å². The normalized spacial score (nSPS) is 27.4. The third-order valence-corrected chi connectivity index (χ3v) is 6.87. The number of ketones is 1. The summed E-state index contributed by atoms with van der Waals surface area (Å²) in [5.41, 5.74) is 4.49. The van der Waals surface area contributed by atoms with Crippen LogP contribution < -0.4 is 4.74 Å². The van der Waals surface area contributed by atoms with Gasteiger partial charge in [-0.1, -0.05) is 42.5 Å². The Labute approximate surface area is 171 Å². The molecule has 6 rings (SSSR count). The van der Waals surface area contributed by atoms with Crippen LogP contribution in [0.4, 0.5) is 0 Å². The van der Waals surface area contributed by atoms with E-state index in [1.807, 2.05) is 56.3 Å². The highest BCUT2D eigenvalue weighted by Crippen LogP contribution is 2.54. The molecule has 0 heterocycles. The number of fused-ring (bicyclic) bond motifs is 1. The maximum atomic E-state index is 13.4. The summed E-state index contributed by atoms with van der Waals surface area (Å²) in [6.07, 6.45) is 6.53. The van der Waals surface area contributed by atoms with Gasteiger partial charge in [0.05, 0.1) is 5.57 Å². The number of hydrogen-bond donors (Lipinski definition) is 1. The van der Waals surface area contributed by atoms with Crippen LogP contribution in [0.3, 0.4) is 0 Å². The second-order valence-corrected chi connectivity index (χ2v) is 8.67. The van der Waals surface area contributed by atoms with Crippen LogP contribution in [0.5, 0.6) is 5.75 Å².